The summed E-state index contributed by atoms with van der Waals surface area (Å²) in [5.74, 6) is -1.46. The number of hydrogen-bond donors (Lipinski definition) is 3. The zero-order valence-corrected chi connectivity index (χ0v) is 21.3. The summed E-state index contributed by atoms with van der Waals surface area (Å²) >= 11 is 0. The second-order valence-corrected chi connectivity index (χ2v) is 8.97. The minimum atomic E-state index is -0.805. The molecule has 1 aliphatic heterocycles. The van der Waals surface area contributed by atoms with Gasteiger partial charge in [0.2, 0.25) is 6.29 Å². The number of carbonyl (C=O) groups excluding carboxylic acids is 1. The molecule has 0 aliphatic carbocycles. The predicted molar refractivity (Wildman–Crippen MR) is 140 cm³/mol. The quantitative estimate of drug-likeness (QED) is 0.382. The van der Waals surface area contributed by atoms with Crippen molar-refractivity contribution >= 4 is 11.6 Å². The number of aromatic hydroxyl groups is 1. The lowest BCUT2D eigenvalue weighted by Gasteiger charge is -2.36. The number of benzene rings is 2. The Balaban J connectivity index is 1.82. The number of hydrogen-bond acceptors (Lipinski definition) is 6. The Kier molecular flexibility index (Phi) is 8.15. The predicted octanol–water partition coefficient (Wildman–Crippen LogP) is 3.58. The molecule has 1 aromatic heterocycles. The topological polar surface area (TPSA) is 115 Å². The number of anilines is 1. The Morgan fingerprint density at radius 2 is 1.84 bits per heavy atom. The third-order valence-electron chi connectivity index (χ3n) is 6.72. The smallest absolute Gasteiger partial charge is 0.290 e. The lowest BCUT2D eigenvalue weighted by molar-refractivity contribution is -0.165. The van der Waals surface area contributed by atoms with Crippen LogP contribution in [0.4, 0.5) is 5.69 Å². The molecule has 4 rings (SSSR count). The fourth-order valence-electron chi connectivity index (χ4n) is 4.84. The molecule has 0 saturated heterocycles. The van der Waals surface area contributed by atoms with E-state index in [9.17, 15) is 19.8 Å². The first-order valence-corrected chi connectivity index (χ1v) is 12.4. The second-order valence-electron chi connectivity index (χ2n) is 8.97. The highest BCUT2D eigenvalue weighted by Crippen LogP contribution is 2.40. The molecule has 37 heavy (non-hydrogen) atoms. The Bertz CT molecular complexity index is 1330. The van der Waals surface area contributed by atoms with E-state index in [0.29, 0.717) is 25.0 Å². The van der Waals surface area contributed by atoms with Crippen LogP contribution in [0.2, 0.25) is 0 Å². The summed E-state index contributed by atoms with van der Waals surface area (Å²) in [6.45, 7) is 4.02. The number of rotatable bonds is 9. The van der Waals surface area contributed by atoms with Crippen molar-refractivity contribution in [2.45, 2.75) is 38.9 Å². The van der Waals surface area contributed by atoms with Crippen LogP contribution in [0, 0.1) is 12.8 Å². The molecule has 0 spiro atoms. The molecule has 0 radical (unpaired) electrons. The fraction of sp³-hybridized carbons (Fsp3) is 0.357. The standard InChI is InChI=1S/C28H33N3O6/c1-4-36-28-20(13-10-16-32)21(17-24(37-28)26(34)29-22-14-8-9-15-23(22)33)25-18(2)30(3)31(27(25)35)19-11-6-5-7-12-19/h5-9,11-12,14-15,17,20-21,28,32-33H,4,10,13,16H2,1-3H3,(H,29,34)/t20-,21-,28+/m1/s1. The summed E-state index contributed by atoms with van der Waals surface area (Å²) < 4.78 is 15.3. The van der Waals surface area contributed by atoms with E-state index in [0.717, 1.165) is 11.4 Å². The Hall–Kier alpha value is -3.82. The van der Waals surface area contributed by atoms with Crippen molar-refractivity contribution in [2.24, 2.45) is 13.0 Å². The van der Waals surface area contributed by atoms with Crippen LogP contribution >= 0.6 is 0 Å². The van der Waals surface area contributed by atoms with E-state index >= 15 is 0 Å². The first-order chi connectivity index (χ1) is 17.9. The maximum absolute atomic E-state index is 13.9. The number of ether oxygens (including phenoxy) is 2. The van der Waals surface area contributed by atoms with Crippen molar-refractivity contribution in [3.8, 4) is 11.4 Å². The second kappa shape index (κ2) is 11.5. The summed E-state index contributed by atoms with van der Waals surface area (Å²) in [6.07, 6.45) is 1.86. The molecular weight excluding hydrogens is 474 g/mol. The molecule has 1 aliphatic rings. The minimum Gasteiger partial charge on any atom is -0.506 e. The number of para-hydroxylation sites is 3. The number of amides is 1. The molecule has 2 aromatic carbocycles. The largest absolute Gasteiger partial charge is 0.506 e. The lowest BCUT2D eigenvalue weighted by Crippen LogP contribution is -2.39. The molecular formula is C28H33N3O6. The van der Waals surface area contributed by atoms with E-state index in [2.05, 4.69) is 5.32 Å². The Morgan fingerprint density at radius 3 is 2.51 bits per heavy atom. The summed E-state index contributed by atoms with van der Waals surface area (Å²) in [4.78, 5) is 27.1. The summed E-state index contributed by atoms with van der Waals surface area (Å²) in [7, 11) is 1.82. The van der Waals surface area contributed by atoms with Crippen molar-refractivity contribution in [2.75, 3.05) is 18.5 Å². The molecule has 3 N–H and O–H groups in total. The van der Waals surface area contributed by atoms with Crippen LogP contribution in [0.5, 0.6) is 5.75 Å². The lowest BCUT2D eigenvalue weighted by atomic mass is 9.80. The Morgan fingerprint density at radius 1 is 1.14 bits per heavy atom. The molecule has 0 fully saturated rings. The molecule has 0 bridgehead atoms. The van der Waals surface area contributed by atoms with Crippen LogP contribution < -0.4 is 10.9 Å². The molecule has 3 aromatic rings. The highest BCUT2D eigenvalue weighted by molar-refractivity contribution is 6.03. The van der Waals surface area contributed by atoms with Crippen molar-refractivity contribution in [3.63, 3.8) is 0 Å². The van der Waals surface area contributed by atoms with Gasteiger partial charge in [0.1, 0.15) is 5.75 Å². The van der Waals surface area contributed by atoms with Gasteiger partial charge in [0.25, 0.3) is 11.5 Å². The van der Waals surface area contributed by atoms with Crippen LogP contribution in [0.1, 0.15) is 36.9 Å². The van der Waals surface area contributed by atoms with Gasteiger partial charge in [0, 0.05) is 43.4 Å². The van der Waals surface area contributed by atoms with Gasteiger partial charge < -0.3 is 25.0 Å². The van der Waals surface area contributed by atoms with E-state index in [1.807, 2.05) is 51.2 Å². The number of phenols is 1. The summed E-state index contributed by atoms with van der Waals surface area (Å²) in [5, 5.41) is 22.3. The SMILES string of the molecule is CCO[C@H]1OC(C(=O)Nc2ccccc2O)=C[C@@H](c2c(C)n(C)n(-c3ccccc3)c2=O)[C@H]1CCCO. The third kappa shape index (κ3) is 5.33. The number of nitrogens with zero attached hydrogens (tertiary/aromatic N) is 2. The number of aliphatic hydroxyl groups is 1. The van der Waals surface area contributed by atoms with Crippen LogP contribution in [0.15, 0.2) is 71.2 Å². The molecule has 9 nitrogen and oxygen atoms in total. The van der Waals surface area contributed by atoms with E-state index in [4.69, 9.17) is 9.47 Å². The van der Waals surface area contributed by atoms with Crippen LogP contribution in [-0.4, -0.2) is 45.0 Å². The number of aromatic nitrogens is 2. The number of nitrogens with one attached hydrogen (secondary N) is 1. The molecule has 196 valence electrons. The van der Waals surface area contributed by atoms with Gasteiger partial charge in [0.05, 0.1) is 11.4 Å². The van der Waals surface area contributed by atoms with Gasteiger partial charge in [-0.05, 0) is 57.0 Å². The number of phenolic OH excluding ortho intramolecular Hbond substituents is 1. The first-order valence-electron chi connectivity index (χ1n) is 12.4. The molecule has 1 amide bonds. The van der Waals surface area contributed by atoms with E-state index < -0.39 is 18.1 Å². The van der Waals surface area contributed by atoms with E-state index in [-0.39, 0.29) is 35.3 Å². The number of allylic oxidation sites excluding steroid dienone is 1. The average Bonchev–Trinajstić information content (AvgIpc) is 3.12. The van der Waals surface area contributed by atoms with Crippen molar-refractivity contribution < 1.29 is 24.5 Å². The van der Waals surface area contributed by atoms with Crippen LogP contribution in [0.25, 0.3) is 5.69 Å². The van der Waals surface area contributed by atoms with Crippen molar-refractivity contribution in [3.05, 3.63) is 88.0 Å². The monoisotopic (exact) mass is 507 g/mol. The van der Waals surface area contributed by atoms with Gasteiger partial charge in [-0.3, -0.25) is 14.3 Å². The highest BCUT2D eigenvalue weighted by Gasteiger charge is 2.40. The third-order valence-corrected chi connectivity index (χ3v) is 6.72. The van der Waals surface area contributed by atoms with Gasteiger partial charge in [-0.15, -0.1) is 0 Å². The maximum Gasteiger partial charge on any atom is 0.290 e. The van der Waals surface area contributed by atoms with E-state index in [1.165, 1.54) is 6.07 Å². The normalized spacial score (nSPS) is 19.2. The summed E-state index contributed by atoms with van der Waals surface area (Å²) in [6, 6.07) is 15.8. The first kappa shape index (κ1) is 26.2. The van der Waals surface area contributed by atoms with Gasteiger partial charge in [-0.1, -0.05) is 30.3 Å². The molecule has 9 heteroatoms. The minimum absolute atomic E-state index is 0.000802. The van der Waals surface area contributed by atoms with Gasteiger partial charge in [0.15, 0.2) is 5.76 Å². The summed E-state index contributed by atoms with van der Waals surface area (Å²) in [5.41, 5.74) is 2.06. The van der Waals surface area contributed by atoms with Crippen molar-refractivity contribution in [1.82, 2.24) is 9.36 Å². The van der Waals surface area contributed by atoms with Gasteiger partial charge in [-0.2, -0.15) is 0 Å². The number of aliphatic hydroxyl groups excluding tert-OH is 1. The molecule has 2 heterocycles. The fourth-order valence-corrected chi connectivity index (χ4v) is 4.84. The molecule has 0 saturated carbocycles. The van der Waals surface area contributed by atoms with Gasteiger partial charge in [-0.25, -0.2) is 4.68 Å². The van der Waals surface area contributed by atoms with Crippen LogP contribution in [-0.2, 0) is 21.3 Å². The van der Waals surface area contributed by atoms with Gasteiger partial charge >= 0.3 is 0 Å². The zero-order valence-electron chi connectivity index (χ0n) is 21.3. The average molecular weight is 508 g/mol. The maximum atomic E-state index is 13.9. The Labute approximate surface area is 215 Å². The zero-order chi connectivity index (χ0) is 26.5. The number of carbonyl (C=O) groups is 1. The molecule has 0 unspecified atom stereocenters. The van der Waals surface area contributed by atoms with E-state index in [1.54, 1.807) is 33.6 Å². The van der Waals surface area contributed by atoms with Crippen LogP contribution in [0.3, 0.4) is 0 Å². The molecule has 3 atom stereocenters. The highest BCUT2D eigenvalue weighted by atomic mass is 16.7. The van der Waals surface area contributed by atoms with Crippen molar-refractivity contribution in [1.29, 1.82) is 0 Å².